The van der Waals surface area contributed by atoms with Gasteiger partial charge in [0.2, 0.25) is 0 Å². The summed E-state index contributed by atoms with van der Waals surface area (Å²) in [5.41, 5.74) is 1.66. The predicted octanol–water partition coefficient (Wildman–Crippen LogP) is 4.07. The number of pyridine rings is 1. The Labute approximate surface area is 121 Å². The van der Waals surface area contributed by atoms with Crippen LogP contribution in [0.2, 0.25) is 0 Å². The van der Waals surface area contributed by atoms with Crippen LogP contribution in [0.25, 0.3) is 0 Å². The van der Waals surface area contributed by atoms with Crippen LogP contribution >= 0.6 is 15.9 Å². The monoisotopic (exact) mass is 322 g/mol. The molecule has 0 fully saturated rings. The average Bonchev–Trinajstić information content (AvgIpc) is 2.45. The van der Waals surface area contributed by atoms with Crippen LogP contribution in [0.1, 0.15) is 30.5 Å². The van der Waals surface area contributed by atoms with Crippen LogP contribution in [0.5, 0.6) is 0 Å². The van der Waals surface area contributed by atoms with Crippen LogP contribution in [-0.2, 0) is 0 Å². The first-order valence-corrected chi connectivity index (χ1v) is 7.10. The molecule has 1 aromatic carbocycles. The summed E-state index contributed by atoms with van der Waals surface area (Å²) >= 11 is 3.24. The minimum absolute atomic E-state index is 0.152. The van der Waals surface area contributed by atoms with Gasteiger partial charge in [-0.05, 0) is 52.7 Å². The van der Waals surface area contributed by atoms with E-state index in [2.05, 4.69) is 33.2 Å². The van der Waals surface area contributed by atoms with Gasteiger partial charge in [0, 0.05) is 18.0 Å². The molecule has 0 aliphatic carbocycles. The fourth-order valence-corrected chi connectivity index (χ4v) is 2.38. The lowest BCUT2D eigenvalue weighted by molar-refractivity contribution is 0.543. The molecule has 1 unspecified atom stereocenters. The van der Waals surface area contributed by atoms with Crippen LogP contribution in [0.4, 0.5) is 4.39 Å². The summed E-state index contributed by atoms with van der Waals surface area (Å²) in [7, 11) is 0. The van der Waals surface area contributed by atoms with E-state index >= 15 is 0 Å². The topological polar surface area (TPSA) is 24.9 Å². The number of hydrogen-bond acceptors (Lipinski definition) is 2. The number of hydrogen-bond donors (Lipinski definition) is 1. The van der Waals surface area contributed by atoms with Gasteiger partial charge in [0.25, 0.3) is 0 Å². The molecule has 0 aliphatic heterocycles. The maximum absolute atomic E-state index is 14.3. The van der Waals surface area contributed by atoms with Crippen molar-refractivity contribution in [3.05, 3.63) is 64.1 Å². The number of nitrogens with zero attached hydrogens (tertiary/aromatic N) is 1. The van der Waals surface area contributed by atoms with E-state index in [9.17, 15) is 4.39 Å². The van der Waals surface area contributed by atoms with Crippen LogP contribution in [0.3, 0.4) is 0 Å². The minimum atomic E-state index is -0.215. The van der Waals surface area contributed by atoms with Crippen LogP contribution < -0.4 is 5.32 Å². The molecule has 0 saturated heterocycles. The Kier molecular flexibility index (Phi) is 5.05. The third-order valence-electron chi connectivity index (χ3n) is 2.93. The molecule has 2 nitrogen and oxygen atoms in total. The molecule has 4 heteroatoms. The van der Waals surface area contributed by atoms with E-state index in [0.717, 1.165) is 18.5 Å². The quantitative estimate of drug-likeness (QED) is 0.897. The Morgan fingerprint density at radius 3 is 2.68 bits per heavy atom. The van der Waals surface area contributed by atoms with E-state index in [1.54, 1.807) is 18.5 Å². The second kappa shape index (κ2) is 6.78. The van der Waals surface area contributed by atoms with Gasteiger partial charge in [-0.1, -0.05) is 19.1 Å². The molecule has 1 atom stereocenters. The minimum Gasteiger partial charge on any atom is -0.306 e. The second-order valence-electron chi connectivity index (χ2n) is 4.31. The zero-order valence-electron chi connectivity index (χ0n) is 10.7. The zero-order valence-corrected chi connectivity index (χ0v) is 12.3. The highest BCUT2D eigenvalue weighted by Gasteiger charge is 2.18. The van der Waals surface area contributed by atoms with E-state index in [4.69, 9.17) is 0 Å². The van der Waals surface area contributed by atoms with Crippen molar-refractivity contribution >= 4 is 15.9 Å². The molecule has 1 heterocycles. The van der Waals surface area contributed by atoms with Gasteiger partial charge in [-0.25, -0.2) is 4.39 Å². The molecule has 0 amide bonds. The molecule has 2 rings (SSSR count). The van der Waals surface area contributed by atoms with Gasteiger partial charge in [-0.15, -0.1) is 0 Å². The first-order valence-electron chi connectivity index (χ1n) is 6.31. The van der Waals surface area contributed by atoms with Crippen LogP contribution in [0.15, 0.2) is 47.2 Å². The van der Waals surface area contributed by atoms with Crippen molar-refractivity contribution in [2.45, 2.75) is 19.4 Å². The molecule has 2 aromatic rings. The smallest absolute Gasteiger partial charge is 0.142 e. The Morgan fingerprint density at radius 1 is 1.26 bits per heavy atom. The highest BCUT2D eigenvalue weighted by Crippen LogP contribution is 2.28. The molecule has 0 saturated carbocycles. The van der Waals surface area contributed by atoms with Crippen LogP contribution in [0, 0.1) is 5.82 Å². The van der Waals surface area contributed by atoms with E-state index in [1.807, 2.05) is 24.3 Å². The van der Waals surface area contributed by atoms with Crippen molar-refractivity contribution in [2.24, 2.45) is 0 Å². The third-order valence-corrected chi connectivity index (χ3v) is 3.54. The molecule has 100 valence electrons. The van der Waals surface area contributed by atoms with E-state index in [-0.39, 0.29) is 11.9 Å². The van der Waals surface area contributed by atoms with Crippen molar-refractivity contribution in [1.29, 1.82) is 0 Å². The normalized spacial score (nSPS) is 12.4. The molecular weight excluding hydrogens is 307 g/mol. The Bertz CT molecular complexity index is 531. The van der Waals surface area contributed by atoms with E-state index < -0.39 is 0 Å². The summed E-state index contributed by atoms with van der Waals surface area (Å²) in [5.74, 6) is -0.215. The first kappa shape index (κ1) is 14.2. The number of halogens is 2. The Balaban J connectivity index is 2.40. The SMILES string of the molecule is CCCNC(c1ccncc1)c1cccc(Br)c1F. The summed E-state index contributed by atoms with van der Waals surface area (Å²) in [5, 5.41) is 3.38. The van der Waals surface area contributed by atoms with Crippen molar-refractivity contribution in [2.75, 3.05) is 6.54 Å². The van der Waals surface area contributed by atoms with Gasteiger partial charge in [0.15, 0.2) is 0 Å². The first-order chi connectivity index (χ1) is 9.24. The van der Waals surface area contributed by atoms with Crippen molar-refractivity contribution in [3.63, 3.8) is 0 Å². The summed E-state index contributed by atoms with van der Waals surface area (Å²) in [6.07, 6.45) is 4.45. The average molecular weight is 323 g/mol. The highest BCUT2D eigenvalue weighted by molar-refractivity contribution is 9.10. The lowest BCUT2D eigenvalue weighted by Crippen LogP contribution is -2.24. The summed E-state index contributed by atoms with van der Waals surface area (Å²) in [6.45, 7) is 2.92. The van der Waals surface area contributed by atoms with Gasteiger partial charge in [0.05, 0.1) is 10.5 Å². The van der Waals surface area contributed by atoms with Gasteiger partial charge in [0.1, 0.15) is 5.82 Å². The van der Waals surface area contributed by atoms with Gasteiger partial charge in [-0.2, -0.15) is 0 Å². The molecule has 0 bridgehead atoms. The molecule has 0 radical (unpaired) electrons. The van der Waals surface area contributed by atoms with Gasteiger partial charge in [-0.3, -0.25) is 4.98 Å². The number of aromatic nitrogens is 1. The fourth-order valence-electron chi connectivity index (χ4n) is 2.00. The van der Waals surface area contributed by atoms with Crippen molar-refractivity contribution in [1.82, 2.24) is 10.3 Å². The molecular formula is C15H16BrFN2. The predicted molar refractivity (Wildman–Crippen MR) is 78.5 cm³/mol. The Morgan fingerprint density at radius 2 is 2.00 bits per heavy atom. The Hall–Kier alpha value is -1.26. The lowest BCUT2D eigenvalue weighted by atomic mass is 9.99. The second-order valence-corrected chi connectivity index (χ2v) is 5.17. The largest absolute Gasteiger partial charge is 0.306 e. The molecule has 1 N–H and O–H groups in total. The van der Waals surface area contributed by atoms with Crippen molar-refractivity contribution < 1.29 is 4.39 Å². The highest BCUT2D eigenvalue weighted by atomic mass is 79.9. The summed E-state index contributed by atoms with van der Waals surface area (Å²) in [4.78, 5) is 4.01. The maximum atomic E-state index is 14.3. The molecule has 1 aromatic heterocycles. The molecule has 0 aliphatic rings. The number of nitrogens with one attached hydrogen (secondary N) is 1. The zero-order chi connectivity index (χ0) is 13.7. The van der Waals surface area contributed by atoms with Crippen molar-refractivity contribution in [3.8, 4) is 0 Å². The fraction of sp³-hybridized carbons (Fsp3) is 0.267. The molecule has 19 heavy (non-hydrogen) atoms. The summed E-state index contributed by atoms with van der Waals surface area (Å²) < 4.78 is 14.8. The number of benzene rings is 1. The van der Waals surface area contributed by atoms with E-state index in [0.29, 0.717) is 10.0 Å². The van der Waals surface area contributed by atoms with Crippen LogP contribution in [-0.4, -0.2) is 11.5 Å². The standard InChI is InChI=1S/C15H16BrFN2/c1-2-8-19-15(11-6-9-18-10-7-11)12-4-3-5-13(16)14(12)17/h3-7,9-10,15,19H,2,8H2,1H3. The van der Waals surface area contributed by atoms with Gasteiger partial charge >= 0.3 is 0 Å². The van der Waals surface area contributed by atoms with E-state index in [1.165, 1.54) is 0 Å². The van der Waals surface area contributed by atoms with Gasteiger partial charge < -0.3 is 5.32 Å². The maximum Gasteiger partial charge on any atom is 0.142 e. The third kappa shape index (κ3) is 3.39. The number of rotatable bonds is 5. The molecule has 0 spiro atoms. The lowest BCUT2D eigenvalue weighted by Gasteiger charge is -2.20. The summed E-state index contributed by atoms with van der Waals surface area (Å²) in [6, 6.07) is 9.04.